The number of carbonyl (C=O) groups is 2. The number of nitrogens with zero attached hydrogens (tertiary/aromatic N) is 1. The van der Waals surface area contributed by atoms with Gasteiger partial charge in [-0.05, 0) is 37.1 Å². The minimum Gasteiger partial charge on any atom is -0.465 e. The lowest BCUT2D eigenvalue weighted by Crippen LogP contribution is -2.37. The van der Waals surface area contributed by atoms with Crippen LogP contribution in [-0.4, -0.2) is 28.5 Å². The summed E-state index contributed by atoms with van der Waals surface area (Å²) in [4.78, 5) is 51.5. The summed E-state index contributed by atoms with van der Waals surface area (Å²) in [6.07, 6.45) is 0. The van der Waals surface area contributed by atoms with Gasteiger partial charge in [0.05, 0.1) is 29.0 Å². The fourth-order valence-corrected chi connectivity index (χ4v) is 3.82. The number of rotatable bonds is 4. The zero-order chi connectivity index (χ0) is 19.9. The van der Waals surface area contributed by atoms with Crippen LogP contribution in [0.5, 0.6) is 0 Å². The van der Waals surface area contributed by atoms with E-state index in [1.165, 1.54) is 13.2 Å². The summed E-state index contributed by atoms with van der Waals surface area (Å²) < 4.78 is 5.80. The van der Waals surface area contributed by atoms with Gasteiger partial charge in [-0.2, -0.15) is 0 Å². The molecule has 2 heterocycles. The minimum atomic E-state index is -0.662. The molecule has 8 nitrogen and oxygen atoms in total. The van der Waals surface area contributed by atoms with Crippen molar-refractivity contribution in [2.75, 3.05) is 7.11 Å². The fraction of sp³-hybridized carbons (Fsp3) is 0.222. The van der Waals surface area contributed by atoms with Gasteiger partial charge in [-0.3, -0.25) is 19.1 Å². The first kappa shape index (κ1) is 18.6. The van der Waals surface area contributed by atoms with Crippen molar-refractivity contribution in [1.82, 2.24) is 9.55 Å². The second kappa shape index (κ2) is 6.84. The maximum absolute atomic E-state index is 12.8. The average molecular weight is 387 g/mol. The predicted molar refractivity (Wildman–Crippen MR) is 102 cm³/mol. The maximum Gasteiger partial charge on any atom is 0.338 e. The molecule has 1 unspecified atom stereocenters. The van der Waals surface area contributed by atoms with Crippen LogP contribution in [0.3, 0.4) is 0 Å². The normalized spacial score (nSPS) is 12.1. The Morgan fingerprint density at radius 2 is 1.96 bits per heavy atom. The number of aryl methyl sites for hydroxylation is 1. The molecule has 27 heavy (non-hydrogen) atoms. The molecule has 0 saturated heterocycles. The van der Waals surface area contributed by atoms with Crippen molar-refractivity contribution < 1.29 is 14.3 Å². The van der Waals surface area contributed by atoms with E-state index in [-0.39, 0.29) is 10.3 Å². The van der Waals surface area contributed by atoms with Gasteiger partial charge in [-0.15, -0.1) is 11.3 Å². The number of nitrogens with one attached hydrogen (secondary N) is 1. The highest BCUT2D eigenvalue weighted by molar-refractivity contribution is 7.20. The van der Waals surface area contributed by atoms with Gasteiger partial charge in [0.2, 0.25) is 0 Å². The number of aromatic nitrogens is 2. The minimum absolute atomic E-state index is 0.196. The molecule has 1 amide bonds. The number of ether oxygens (including phenoxy) is 1. The fourth-order valence-electron chi connectivity index (χ4n) is 2.93. The van der Waals surface area contributed by atoms with Gasteiger partial charge in [-0.1, -0.05) is 12.1 Å². The zero-order valence-electron chi connectivity index (χ0n) is 14.9. The molecule has 0 radical (unpaired) electrons. The molecule has 3 rings (SSSR count). The maximum atomic E-state index is 12.8. The Labute approximate surface area is 157 Å². The van der Waals surface area contributed by atoms with Crippen molar-refractivity contribution in [2.45, 2.75) is 19.9 Å². The van der Waals surface area contributed by atoms with Gasteiger partial charge in [0.1, 0.15) is 4.83 Å². The number of carbonyl (C=O) groups excluding carboxylic acids is 2. The molecule has 1 aromatic carbocycles. The number of primary amides is 1. The molecule has 0 aliphatic rings. The number of methoxy groups -OCH3 is 1. The number of hydrogen-bond acceptors (Lipinski definition) is 6. The highest BCUT2D eigenvalue weighted by atomic mass is 32.1. The molecule has 3 N–H and O–H groups in total. The molecule has 0 saturated carbocycles. The smallest absolute Gasteiger partial charge is 0.338 e. The molecule has 3 aromatic rings. The largest absolute Gasteiger partial charge is 0.465 e. The predicted octanol–water partition coefficient (Wildman–Crippen LogP) is 1.55. The van der Waals surface area contributed by atoms with Crippen LogP contribution in [0, 0.1) is 6.92 Å². The van der Waals surface area contributed by atoms with E-state index in [9.17, 15) is 19.2 Å². The number of nitrogens with two attached hydrogens (primary N) is 1. The van der Waals surface area contributed by atoms with Gasteiger partial charge >= 0.3 is 11.7 Å². The summed E-state index contributed by atoms with van der Waals surface area (Å²) in [5.41, 5.74) is 5.91. The molecule has 140 valence electrons. The Bertz CT molecular complexity index is 1190. The standard InChI is InChI=1S/C18H17N3O5S/c1-8-6-10(4-5-11(8)17(24)26-3)9(2)21-16(23)12-7-13(14(19)22)27-15(12)20-18(21)25/h4-7,9H,1-3H3,(H2,19,22)(H,20,25). The Balaban J connectivity index is 2.13. The highest BCUT2D eigenvalue weighted by Crippen LogP contribution is 2.22. The van der Waals surface area contributed by atoms with Crippen LogP contribution in [0.2, 0.25) is 0 Å². The summed E-state index contributed by atoms with van der Waals surface area (Å²) in [7, 11) is 1.30. The van der Waals surface area contributed by atoms with Gasteiger partial charge in [0.15, 0.2) is 0 Å². The molecule has 0 spiro atoms. The van der Waals surface area contributed by atoms with E-state index < -0.39 is 29.2 Å². The summed E-state index contributed by atoms with van der Waals surface area (Å²) in [5, 5.41) is 0.225. The first-order valence-electron chi connectivity index (χ1n) is 8.01. The molecular weight excluding hydrogens is 370 g/mol. The number of H-pyrrole nitrogens is 1. The average Bonchev–Trinajstić information content (AvgIpc) is 3.05. The highest BCUT2D eigenvalue weighted by Gasteiger charge is 2.19. The summed E-state index contributed by atoms with van der Waals surface area (Å²) in [6, 6.07) is 5.79. The number of fused-ring (bicyclic) bond motifs is 1. The second-order valence-corrected chi connectivity index (χ2v) is 7.12. The van der Waals surface area contributed by atoms with Gasteiger partial charge < -0.3 is 10.5 Å². The van der Waals surface area contributed by atoms with Gasteiger partial charge in [-0.25, -0.2) is 9.59 Å². The van der Waals surface area contributed by atoms with Crippen LogP contribution in [0.1, 0.15) is 44.1 Å². The first-order valence-corrected chi connectivity index (χ1v) is 8.83. The Morgan fingerprint density at radius 3 is 2.56 bits per heavy atom. The number of benzene rings is 1. The summed E-state index contributed by atoms with van der Waals surface area (Å²) in [5.74, 6) is -1.12. The van der Waals surface area contributed by atoms with E-state index in [2.05, 4.69) is 4.98 Å². The molecule has 0 bridgehead atoms. The van der Waals surface area contributed by atoms with Crippen molar-refractivity contribution >= 4 is 33.4 Å². The van der Waals surface area contributed by atoms with Crippen molar-refractivity contribution in [3.63, 3.8) is 0 Å². The van der Waals surface area contributed by atoms with Crippen LogP contribution in [0.15, 0.2) is 33.9 Å². The quantitative estimate of drug-likeness (QED) is 0.657. The van der Waals surface area contributed by atoms with Crippen LogP contribution < -0.4 is 17.0 Å². The van der Waals surface area contributed by atoms with Crippen LogP contribution in [-0.2, 0) is 4.74 Å². The van der Waals surface area contributed by atoms with Gasteiger partial charge in [0, 0.05) is 0 Å². The number of thiophene rings is 1. The summed E-state index contributed by atoms with van der Waals surface area (Å²) in [6.45, 7) is 3.45. The van der Waals surface area contributed by atoms with Crippen LogP contribution >= 0.6 is 11.3 Å². The van der Waals surface area contributed by atoms with Gasteiger partial charge in [0.25, 0.3) is 11.5 Å². The summed E-state index contributed by atoms with van der Waals surface area (Å²) >= 11 is 0.965. The van der Waals surface area contributed by atoms with Crippen LogP contribution in [0.4, 0.5) is 0 Å². The van der Waals surface area contributed by atoms with Crippen molar-refractivity contribution in [1.29, 1.82) is 0 Å². The van der Waals surface area contributed by atoms with Crippen LogP contribution in [0.25, 0.3) is 10.2 Å². The number of hydrogen-bond donors (Lipinski definition) is 2. The van der Waals surface area contributed by atoms with Crippen molar-refractivity contribution in [3.05, 3.63) is 66.7 Å². The number of aromatic amines is 1. The molecule has 2 aromatic heterocycles. The van der Waals surface area contributed by atoms with Crippen molar-refractivity contribution in [2.24, 2.45) is 5.73 Å². The number of amides is 1. The number of esters is 1. The third kappa shape index (κ3) is 3.17. The monoisotopic (exact) mass is 387 g/mol. The Hall–Kier alpha value is -3.20. The molecule has 1 atom stereocenters. The van der Waals surface area contributed by atoms with E-state index in [1.807, 2.05) is 0 Å². The SMILES string of the molecule is COC(=O)c1ccc(C(C)n2c(=O)[nH]c3sc(C(N)=O)cc3c2=O)cc1C. The Kier molecular flexibility index (Phi) is 4.71. The molecular formula is C18H17N3O5S. The molecule has 0 aliphatic heterocycles. The Morgan fingerprint density at radius 1 is 1.26 bits per heavy atom. The third-order valence-electron chi connectivity index (χ3n) is 4.39. The zero-order valence-corrected chi connectivity index (χ0v) is 15.7. The lowest BCUT2D eigenvalue weighted by Gasteiger charge is -2.16. The topological polar surface area (TPSA) is 124 Å². The lowest BCUT2D eigenvalue weighted by atomic mass is 10.0. The van der Waals surface area contributed by atoms with E-state index in [0.29, 0.717) is 21.5 Å². The van der Waals surface area contributed by atoms with E-state index in [4.69, 9.17) is 10.5 Å². The van der Waals surface area contributed by atoms with E-state index in [1.54, 1.807) is 32.0 Å². The molecule has 0 fully saturated rings. The first-order chi connectivity index (χ1) is 12.7. The lowest BCUT2D eigenvalue weighted by molar-refractivity contribution is 0.0599. The molecule has 9 heteroatoms. The van der Waals surface area contributed by atoms with Crippen molar-refractivity contribution in [3.8, 4) is 0 Å². The second-order valence-electron chi connectivity index (χ2n) is 6.06. The van der Waals surface area contributed by atoms with E-state index >= 15 is 0 Å². The molecule has 0 aliphatic carbocycles. The third-order valence-corrected chi connectivity index (χ3v) is 5.45. The van der Waals surface area contributed by atoms with E-state index in [0.717, 1.165) is 15.9 Å².